The lowest BCUT2D eigenvalue weighted by atomic mass is 9.99. The van der Waals surface area contributed by atoms with Gasteiger partial charge in [0.15, 0.2) is 12.2 Å². The first-order valence-electron chi connectivity index (χ1n) is 43.4. The van der Waals surface area contributed by atoms with Crippen molar-refractivity contribution >= 4 is 39.5 Å². The van der Waals surface area contributed by atoms with Crippen molar-refractivity contribution in [3.63, 3.8) is 0 Å². The van der Waals surface area contributed by atoms with E-state index in [1.54, 1.807) is 0 Å². The monoisotopic (exact) mass is 1510 g/mol. The second-order valence-corrected chi connectivity index (χ2v) is 34.1. The summed E-state index contributed by atoms with van der Waals surface area (Å²) in [4.78, 5) is 73.2. The maximum absolute atomic E-state index is 13.1. The van der Waals surface area contributed by atoms with Crippen LogP contribution in [0.2, 0.25) is 0 Å². The Hall–Kier alpha value is -1.94. The van der Waals surface area contributed by atoms with Gasteiger partial charge in [0, 0.05) is 25.7 Å². The zero-order valence-corrected chi connectivity index (χ0v) is 69.6. The predicted octanol–water partition coefficient (Wildman–Crippen LogP) is 25.3. The molecule has 0 aliphatic rings. The highest BCUT2D eigenvalue weighted by molar-refractivity contribution is 7.47. The van der Waals surface area contributed by atoms with Crippen LogP contribution in [0, 0.1) is 17.8 Å². The first-order chi connectivity index (χ1) is 49.8. The van der Waals surface area contributed by atoms with E-state index in [0.29, 0.717) is 25.7 Å². The summed E-state index contributed by atoms with van der Waals surface area (Å²) in [5.74, 6) is 0.324. The molecule has 19 heteroatoms. The molecule has 3 N–H and O–H groups in total. The Bertz CT molecular complexity index is 2000. The molecule has 0 aromatic rings. The molecular weight excluding hydrogens is 1340 g/mol. The highest BCUT2D eigenvalue weighted by Gasteiger charge is 2.30. The molecule has 0 fully saturated rings. The van der Waals surface area contributed by atoms with E-state index in [-0.39, 0.29) is 25.7 Å². The molecule has 4 unspecified atom stereocenters. The molecule has 0 saturated carbocycles. The SMILES string of the molecule is CCCCCCCCCCCCCCCCC(=O)O[C@H](COC(=O)CCCCCCCCCCC(C)CC)COP(=O)(O)OC[C@H](O)COP(=O)(O)OC[C@@H](COC(=O)CCCCCCCCCCCCCCC(C)C)OC(=O)CCCCCCCCCCCCCCCCCCCCC(C)CC. The minimum atomic E-state index is -4.96. The number of aliphatic hydroxyl groups is 1. The van der Waals surface area contributed by atoms with Gasteiger partial charge in [-0.25, -0.2) is 9.13 Å². The zero-order valence-electron chi connectivity index (χ0n) is 67.8. The predicted molar refractivity (Wildman–Crippen MR) is 423 cm³/mol. The van der Waals surface area contributed by atoms with Crippen LogP contribution >= 0.6 is 15.6 Å². The second kappa shape index (κ2) is 74.2. The Morgan fingerprint density at radius 3 is 0.738 bits per heavy atom. The van der Waals surface area contributed by atoms with Crippen molar-refractivity contribution in [3.05, 3.63) is 0 Å². The topological polar surface area (TPSA) is 237 Å². The summed E-state index contributed by atoms with van der Waals surface area (Å²) in [6.07, 6.45) is 63.7. The van der Waals surface area contributed by atoms with E-state index in [2.05, 4.69) is 48.5 Å². The Labute approximate surface area is 632 Å². The van der Waals surface area contributed by atoms with Crippen molar-refractivity contribution in [2.75, 3.05) is 39.6 Å². The lowest BCUT2D eigenvalue weighted by Crippen LogP contribution is -2.30. The number of rotatable bonds is 82. The third-order valence-electron chi connectivity index (χ3n) is 20.4. The van der Waals surface area contributed by atoms with E-state index in [0.717, 1.165) is 108 Å². The lowest BCUT2D eigenvalue weighted by molar-refractivity contribution is -0.161. The summed E-state index contributed by atoms with van der Waals surface area (Å²) >= 11 is 0. The zero-order chi connectivity index (χ0) is 75.8. The van der Waals surface area contributed by atoms with Gasteiger partial charge >= 0.3 is 39.5 Å². The van der Waals surface area contributed by atoms with Crippen molar-refractivity contribution < 1.29 is 80.2 Å². The van der Waals surface area contributed by atoms with Crippen molar-refractivity contribution in [1.29, 1.82) is 0 Å². The molecule has 0 aliphatic carbocycles. The van der Waals surface area contributed by atoms with E-state index in [9.17, 15) is 43.2 Å². The van der Waals surface area contributed by atoms with Crippen molar-refractivity contribution in [2.24, 2.45) is 17.8 Å². The van der Waals surface area contributed by atoms with E-state index in [1.165, 1.54) is 250 Å². The van der Waals surface area contributed by atoms with Crippen molar-refractivity contribution in [1.82, 2.24) is 0 Å². The van der Waals surface area contributed by atoms with Gasteiger partial charge in [-0.05, 0) is 43.4 Å². The van der Waals surface area contributed by atoms with E-state index in [4.69, 9.17) is 37.0 Å². The summed E-state index contributed by atoms with van der Waals surface area (Å²) < 4.78 is 68.8. The molecule has 17 nitrogen and oxygen atoms in total. The Morgan fingerprint density at radius 2 is 0.495 bits per heavy atom. The van der Waals surface area contributed by atoms with Gasteiger partial charge in [0.2, 0.25) is 0 Å². The van der Waals surface area contributed by atoms with Crippen LogP contribution < -0.4 is 0 Å². The number of esters is 4. The molecule has 0 amide bonds. The Morgan fingerprint density at radius 1 is 0.282 bits per heavy atom. The fourth-order valence-electron chi connectivity index (χ4n) is 13.0. The number of ether oxygens (including phenoxy) is 4. The minimum Gasteiger partial charge on any atom is -0.462 e. The van der Waals surface area contributed by atoms with Crippen molar-refractivity contribution in [2.45, 2.75) is 458 Å². The molecule has 103 heavy (non-hydrogen) atoms. The highest BCUT2D eigenvalue weighted by atomic mass is 31.2. The Kier molecular flexibility index (Phi) is 72.8. The summed E-state index contributed by atoms with van der Waals surface area (Å²) in [7, 11) is -9.93. The second-order valence-electron chi connectivity index (χ2n) is 31.2. The fraction of sp³-hybridized carbons (Fsp3) is 0.952. The van der Waals surface area contributed by atoms with Gasteiger partial charge in [-0.1, -0.05) is 389 Å². The van der Waals surface area contributed by atoms with Crippen LogP contribution in [0.15, 0.2) is 0 Å². The molecule has 0 aliphatic heterocycles. The fourth-order valence-corrected chi connectivity index (χ4v) is 14.5. The van der Waals surface area contributed by atoms with Crippen LogP contribution in [0.4, 0.5) is 0 Å². The van der Waals surface area contributed by atoms with Crippen LogP contribution in [-0.4, -0.2) is 96.7 Å². The summed E-state index contributed by atoms with van der Waals surface area (Å²) in [6, 6.07) is 0. The van der Waals surface area contributed by atoms with Gasteiger partial charge in [0.05, 0.1) is 26.4 Å². The molecule has 0 heterocycles. The third-order valence-corrected chi connectivity index (χ3v) is 22.3. The molecule has 612 valence electrons. The quantitative estimate of drug-likeness (QED) is 0.0222. The average molecular weight is 1510 g/mol. The smallest absolute Gasteiger partial charge is 0.462 e. The number of carbonyl (C=O) groups excluding carboxylic acids is 4. The van der Waals surface area contributed by atoms with E-state index in [1.807, 2.05) is 0 Å². The maximum Gasteiger partial charge on any atom is 0.472 e. The van der Waals surface area contributed by atoms with Crippen LogP contribution in [0.5, 0.6) is 0 Å². The van der Waals surface area contributed by atoms with Gasteiger partial charge in [-0.15, -0.1) is 0 Å². The molecule has 0 rings (SSSR count). The van der Waals surface area contributed by atoms with Gasteiger partial charge in [-0.3, -0.25) is 37.3 Å². The molecule has 0 radical (unpaired) electrons. The van der Waals surface area contributed by atoms with Crippen LogP contribution in [0.1, 0.15) is 440 Å². The van der Waals surface area contributed by atoms with Gasteiger partial charge < -0.3 is 33.8 Å². The first kappa shape index (κ1) is 101. The molecule has 0 bridgehead atoms. The third kappa shape index (κ3) is 75.3. The summed E-state index contributed by atoms with van der Waals surface area (Å²) in [6.45, 7) is 12.0. The standard InChI is InChI=1S/C84H164O17P2/c1-8-11-12-13-14-15-16-17-25-32-37-46-53-60-67-83(88)101-80(72-95-82(87)66-59-52-45-40-39-43-50-57-64-77(7)10-3)74-99-103(92,93)97-70-78(85)69-96-102(90,91)98-73-79(71-94-81(86)65-58-51-44-36-31-28-27-29-34-41-48-55-62-75(4)5)100-84(89)68-61-54-47-38-33-26-23-21-19-18-20-22-24-30-35-42-49-56-63-76(6)9-2/h75-80,85H,8-74H2,1-7H3,(H,90,91)(H,92,93)/t76?,77?,78-,79-,80-/m1/s1. The van der Waals surface area contributed by atoms with Crippen LogP contribution in [0.25, 0.3) is 0 Å². The number of phosphoric ester groups is 2. The average Bonchev–Trinajstić information content (AvgIpc) is 0.908. The van der Waals surface area contributed by atoms with E-state index >= 15 is 0 Å². The van der Waals surface area contributed by atoms with Crippen molar-refractivity contribution in [3.8, 4) is 0 Å². The Balaban J connectivity index is 5.24. The number of carbonyl (C=O) groups is 4. The number of phosphoric acid groups is 2. The lowest BCUT2D eigenvalue weighted by Gasteiger charge is -2.21. The normalized spacial score (nSPS) is 14.4. The van der Waals surface area contributed by atoms with Gasteiger partial charge in [-0.2, -0.15) is 0 Å². The number of aliphatic hydroxyl groups excluding tert-OH is 1. The van der Waals surface area contributed by atoms with Crippen LogP contribution in [0.3, 0.4) is 0 Å². The van der Waals surface area contributed by atoms with E-state index < -0.39 is 97.5 Å². The minimum absolute atomic E-state index is 0.107. The highest BCUT2D eigenvalue weighted by Crippen LogP contribution is 2.45. The molecule has 0 aromatic carbocycles. The molecule has 7 atom stereocenters. The number of hydrogen-bond donors (Lipinski definition) is 3. The van der Waals surface area contributed by atoms with Gasteiger partial charge in [0.1, 0.15) is 19.3 Å². The summed E-state index contributed by atoms with van der Waals surface area (Å²) in [5.41, 5.74) is 0. The first-order valence-corrected chi connectivity index (χ1v) is 46.4. The molecule has 0 spiro atoms. The van der Waals surface area contributed by atoms with Gasteiger partial charge in [0.25, 0.3) is 0 Å². The number of hydrogen-bond acceptors (Lipinski definition) is 15. The summed E-state index contributed by atoms with van der Waals surface area (Å²) in [5, 5.41) is 10.7. The number of unbranched alkanes of at least 4 members (excludes halogenated alkanes) is 48. The largest absolute Gasteiger partial charge is 0.472 e. The van der Waals surface area contributed by atoms with Crippen LogP contribution in [-0.2, 0) is 65.4 Å². The molecular formula is C84H164O17P2. The maximum atomic E-state index is 13.1. The molecule has 0 aromatic heterocycles. The molecule has 0 saturated heterocycles.